The predicted molar refractivity (Wildman–Crippen MR) is 74.2 cm³/mol. The second kappa shape index (κ2) is 6.80. The summed E-state index contributed by atoms with van der Waals surface area (Å²) >= 11 is 0. The summed E-state index contributed by atoms with van der Waals surface area (Å²) in [5, 5.41) is 0. The van der Waals surface area contributed by atoms with E-state index in [2.05, 4.69) is 4.74 Å². The summed E-state index contributed by atoms with van der Waals surface area (Å²) < 4.78 is 45.1. The Labute approximate surface area is 124 Å². The van der Waals surface area contributed by atoms with Crippen LogP contribution < -0.4 is 9.47 Å². The number of para-hydroxylation sites is 1. The Kier molecular flexibility index (Phi) is 4.83. The third-order valence-corrected chi connectivity index (χ3v) is 2.47. The van der Waals surface area contributed by atoms with E-state index in [4.69, 9.17) is 4.74 Å². The molecule has 0 fully saturated rings. The Morgan fingerprint density at radius 3 is 2.32 bits per heavy atom. The zero-order valence-corrected chi connectivity index (χ0v) is 11.2. The van der Waals surface area contributed by atoms with Gasteiger partial charge in [0.25, 0.3) is 0 Å². The van der Waals surface area contributed by atoms with Crippen molar-refractivity contribution in [3.63, 3.8) is 0 Å². The molecule has 2 aromatic rings. The first kappa shape index (κ1) is 15.6. The van der Waals surface area contributed by atoms with Crippen molar-refractivity contribution in [2.24, 2.45) is 0 Å². The number of hydrogen-bond donors (Lipinski definition) is 0. The van der Waals surface area contributed by atoms with Gasteiger partial charge in [-0.1, -0.05) is 30.3 Å². The minimum atomic E-state index is -4.76. The van der Waals surface area contributed by atoms with E-state index in [1.165, 1.54) is 30.3 Å². The molecule has 0 bridgehead atoms. The Hall–Kier alpha value is -2.76. The monoisotopic (exact) mass is 308 g/mol. The third kappa shape index (κ3) is 5.32. The zero-order valence-electron chi connectivity index (χ0n) is 11.2. The molecule has 3 nitrogen and oxygen atoms in total. The van der Waals surface area contributed by atoms with Crippen LogP contribution >= 0.6 is 0 Å². The second-order valence-corrected chi connectivity index (χ2v) is 4.19. The van der Waals surface area contributed by atoms with Crippen molar-refractivity contribution in [3.05, 3.63) is 66.2 Å². The zero-order chi connectivity index (χ0) is 16.0. The van der Waals surface area contributed by atoms with Crippen LogP contribution in [0.5, 0.6) is 11.5 Å². The van der Waals surface area contributed by atoms with Crippen LogP contribution in [0.3, 0.4) is 0 Å². The quantitative estimate of drug-likeness (QED) is 0.482. The van der Waals surface area contributed by atoms with Crippen LogP contribution in [0.4, 0.5) is 13.2 Å². The van der Waals surface area contributed by atoms with Gasteiger partial charge in [-0.2, -0.15) is 0 Å². The molecule has 0 saturated heterocycles. The molecule has 0 atom stereocenters. The molecule has 114 valence electrons. The van der Waals surface area contributed by atoms with Crippen molar-refractivity contribution in [2.45, 2.75) is 6.36 Å². The first-order valence-electron chi connectivity index (χ1n) is 6.23. The maximum absolute atomic E-state index is 12.1. The van der Waals surface area contributed by atoms with Gasteiger partial charge in [-0.15, -0.1) is 13.2 Å². The summed E-state index contributed by atoms with van der Waals surface area (Å²) in [5.41, 5.74) is 0.381. The highest BCUT2D eigenvalue weighted by atomic mass is 19.4. The van der Waals surface area contributed by atoms with Gasteiger partial charge in [-0.25, -0.2) is 4.79 Å². The van der Waals surface area contributed by atoms with Crippen molar-refractivity contribution >= 4 is 12.0 Å². The second-order valence-electron chi connectivity index (χ2n) is 4.19. The van der Waals surface area contributed by atoms with E-state index in [9.17, 15) is 18.0 Å². The lowest BCUT2D eigenvalue weighted by Crippen LogP contribution is -2.17. The average Bonchev–Trinajstić information content (AvgIpc) is 2.45. The summed E-state index contributed by atoms with van der Waals surface area (Å²) in [6.07, 6.45) is -2.29. The first-order valence-corrected chi connectivity index (χ1v) is 6.23. The molecule has 0 aromatic heterocycles. The summed E-state index contributed by atoms with van der Waals surface area (Å²) in [4.78, 5) is 11.6. The standard InChI is InChI=1S/C16H11F3O3/c17-16(18,19)22-14-8-4-5-12(11-14)9-10-15(20)21-13-6-2-1-3-7-13/h1-11H. The molecule has 0 radical (unpaired) electrons. The maximum atomic E-state index is 12.1. The van der Waals surface area contributed by atoms with E-state index >= 15 is 0 Å². The third-order valence-electron chi connectivity index (χ3n) is 2.47. The lowest BCUT2D eigenvalue weighted by Gasteiger charge is -2.08. The van der Waals surface area contributed by atoms with Gasteiger partial charge in [0.2, 0.25) is 0 Å². The van der Waals surface area contributed by atoms with Gasteiger partial charge in [0.05, 0.1) is 0 Å². The van der Waals surface area contributed by atoms with Gasteiger partial charge in [0.15, 0.2) is 0 Å². The summed E-state index contributed by atoms with van der Waals surface area (Å²) in [6, 6.07) is 13.7. The van der Waals surface area contributed by atoms with Gasteiger partial charge in [-0.05, 0) is 35.9 Å². The van der Waals surface area contributed by atoms with Gasteiger partial charge in [0.1, 0.15) is 11.5 Å². The molecule has 6 heteroatoms. The molecule has 0 amide bonds. The molecular formula is C16H11F3O3. The fraction of sp³-hybridized carbons (Fsp3) is 0.0625. The minimum Gasteiger partial charge on any atom is -0.423 e. The number of esters is 1. The van der Waals surface area contributed by atoms with Crippen LogP contribution in [0, 0.1) is 0 Å². The fourth-order valence-electron chi connectivity index (χ4n) is 1.62. The molecule has 0 unspecified atom stereocenters. The van der Waals surface area contributed by atoms with Crippen LogP contribution in [0.2, 0.25) is 0 Å². The number of benzene rings is 2. The van der Waals surface area contributed by atoms with E-state index in [1.807, 2.05) is 0 Å². The number of alkyl halides is 3. The van der Waals surface area contributed by atoms with Crippen LogP contribution in [-0.4, -0.2) is 12.3 Å². The van der Waals surface area contributed by atoms with Crippen LogP contribution in [0.25, 0.3) is 6.08 Å². The number of carbonyl (C=O) groups is 1. The largest absolute Gasteiger partial charge is 0.573 e. The normalized spacial score (nSPS) is 11.4. The Balaban J connectivity index is 2.00. The van der Waals surface area contributed by atoms with E-state index < -0.39 is 12.3 Å². The SMILES string of the molecule is O=C(C=Cc1cccc(OC(F)(F)F)c1)Oc1ccccc1. The Morgan fingerprint density at radius 2 is 1.64 bits per heavy atom. The van der Waals surface area contributed by atoms with Crippen molar-refractivity contribution in [1.82, 2.24) is 0 Å². The Bertz CT molecular complexity index is 664. The van der Waals surface area contributed by atoms with E-state index in [0.29, 0.717) is 11.3 Å². The highest BCUT2D eigenvalue weighted by Gasteiger charge is 2.30. The topological polar surface area (TPSA) is 35.5 Å². The van der Waals surface area contributed by atoms with Gasteiger partial charge in [-0.3, -0.25) is 0 Å². The summed E-state index contributed by atoms with van der Waals surface area (Å²) in [7, 11) is 0. The van der Waals surface area contributed by atoms with Crippen molar-refractivity contribution in [3.8, 4) is 11.5 Å². The molecular weight excluding hydrogens is 297 g/mol. The number of rotatable bonds is 4. The number of halogens is 3. The van der Waals surface area contributed by atoms with Gasteiger partial charge < -0.3 is 9.47 Å². The number of hydrogen-bond acceptors (Lipinski definition) is 3. The van der Waals surface area contributed by atoms with Crippen LogP contribution in [-0.2, 0) is 4.79 Å². The highest BCUT2D eigenvalue weighted by molar-refractivity contribution is 5.88. The summed E-state index contributed by atoms with van der Waals surface area (Å²) in [5.74, 6) is -0.606. The highest BCUT2D eigenvalue weighted by Crippen LogP contribution is 2.23. The molecule has 0 N–H and O–H groups in total. The van der Waals surface area contributed by atoms with Crippen molar-refractivity contribution in [2.75, 3.05) is 0 Å². The molecule has 0 heterocycles. The molecule has 2 aromatic carbocycles. The molecule has 0 aliphatic rings. The van der Waals surface area contributed by atoms with Crippen LogP contribution in [0.15, 0.2) is 60.7 Å². The number of carbonyl (C=O) groups excluding carboxylic acids is 1. The van der Waals surface area contributed by atoms with E-state index in [1.54, 1.807) is 30.3 Å². The van der Waals surface area contributed by atoms with E-state index in [-0.39, 0.29) is 5.75 Å². The van der Waals surface area contributed by atoms with Gasteiger partial charge >= 0.3 is 12.3 Å². The van der Waals surface area contributed by atoms with E-state index in [0.717, 1.165) is 6.08 Å². The molecule has 0 saturated carbocycles. The molecule has 0 aliphatic carbocycles. The van der Waals surface area contributed by atoms with Crippen molar-refractivity contribution < 1.29 is 27.4 Å². The molecule has 2 rings (SSSR count). The molecule has 0 aliphatic heterocycles. The smallest absolute Gasteiger partial charge is 0.423 e. The lowest BCUT2D eigenvalue weighted by atomic mass is 10.2. The summed E-state index contributed by atoms with van der Waals surface area (Å²) in [6.45, 7) is 0. The molecule has 0 spiro atoms. The van der Waals surface area contributed by atoms with Crippen LogP contribution in [0.1, 0.15) is 5.56 Å². The van der Waals surface area contributed by atoms with Gasteiger partial charge in [0, 0.05) is 6.08 Å². The first-order chi connectivity index (χ1) is 10.4. The average molecular weight is 308 g/mol. The maximum Gasteiger partial charge on any atom is 0.573 e. The predicted octanol–water partition coefficient (Wildman–Crippen LogP) is 4.20. The number of ether oxygens (including phenoxy) is 2. The minimum absolute atomic E-state index is 0.355. The fourth-order valence-corrected chi connectivity index (χ4v) is 1.62. The molecule has 22 heavy (non-hydrogen) atoms. The Morgan fingerprint density at radius 1 is 0.955 bits per heavy atom. The lowest BCUT2D eigenvalue weighted by molar-refractivity contribution is -0.274. The van der Waals surface area contributed by atoms with Crippen molar-refractivity contribution in [1.29, 1.82) is 0 Å².